The summed E-state index contributed by atoms with van der Waals surface area (Å²) < 4.78 is 0. The van der Waals surface area contributed by atoms with Gasteiger partial charge in [-0.2, -0.15) is 0 Å². The van der Waals surface area contributed by atoms with Crippen LogP contribution in [-0.4, -0.2) is 9.97 Å². The number of fused-ring (bicyclic) bond motifs is 1. The summed E-state index contributed by atoms with van der Waals surface area (Å²) in [5, 5.41) is 2.16. The molecule has 0 atom stereocenters. The van der Waals surface area contributed by atoms with Crippen LogP contribution in [0.5, 0.6) is 0 Å². The average molecular weight is 379 g/mol. The zero-order chi connectivity index (χ0) is 18.6. The molecule has 0 saturated carbocycles. The van der Waals surface area contributed by atoms with Gasteiger partial charge in [0.15, 0.2) is 9.66 Å². The van der Waals surface area contributed by atoms with Crippen molar-refractivity contribution >= 4 is 32.3 Å². The number of nitrogens with zero attached hydrogens (tertiary/aromatic N) is 2. The van der Waals surface area contributed by atoms with Crippen LogP contribution in [0.15, 0.2) is 24.3 Å². The Bertz CT molecular complexity index is 984. The number of hydrogen-bond donors (Lipinski definition) is 0. The summed E-state index contributed by atoms with van der Waals surface area (Å²) in [4.78, 5) is 11.9. The lowest BCUT2D eigenvalue weighted by atomic mass is 10.0. The molecule has 132 valence electrons. The molecule has 2 aromatic carbocycles. The molecule has 4 rings (SSSR count). The lowest BCUT2D eigenvalue weighted by Crippen LogP contribution is -1.89. The fourth-order valence-corrected chi connectivity index (χ4v) is 6.28. The molecule has 0 fully saturated rings. The first kappa shape index (κ1) is 17.4. The SMILES string of the molecule is Cc1cc(C)c(-c2nc3sc(-c4c(C)cc(C)cc4C)nc3s2)c(C)c1. The molecule has 26 heavy (non-hydrogen) atoms. The molecule has 4 aromatic rings. The van der Waals surface area contributed by atoms with Gasteiger partial charge >= 0.3 is 0 Å². The Morgan fingerprint density at radius 2 is 0.846 bits per heavy atom. The maximum Gasteiger partial charge on any atom is 0.155 e. The normalized spacial score (nSPS) is 11.5. The summed E-state index contributed by atoms with van der Waals surface area (Å²) in [7, 11) is 0. The molecule has 0 radical (unpaired) electrons. The second-order valence-corrected chi connectivity index (χ2v) is 9.15. The third-order valence-corrected chi connectivity index (χ3v) is 6.82. The van der Waals surface area contributed by atoms with Crippen LogP contribution in [0.4, 0.5) is 0 Å². The van der Waals surface area contributed by atoms with Crippen LogP contribution in [-0.2, 0) is 0 Å². The Hall–Kier alpha value is -2.04. The summed E-state index contributed by atoms with van der Waals surface area (Å²) in [6.07, 6.45) is 0. The van der Waals surface area contributed by atoms with Crippen molar-refractivity contribution in [2.24, 2.45) is 0 Å². The summed E-state index contributed by atoms with van der Waals surface area (Å²) in [6.45, 7) is 13.0. The Morgan fingerprint density at radius 3 is 1.15 bits per heavy atom. The highest BCUT2D eigenvalue weighted by molar-refractivity contribution is 7.29. The third-order valence-electron chi connectivity index (χ3n) is 4.76. The number of rotatable bonds is 2. The first-order valence-corrected chi connectivity index (χ1v) is 10.4. The Balaban J connectivity index is 1.83. The van der Waals surface area contributed by atoms with Crippen LogP contribution in [0.25, 0.3) is 30.8 Å². The Labute approximate surface area is 162 Å². The molecule has 2 aromatic heterocycles. The molecular weight excluding hydrogens is 356 g/mol. The van der Waals surface area contributed by atoms with Crippen LogP contribution in [0.2, 0.25) is 0 Å². The molecule has 0 bridgehead atoms. The summed E-state index contributed by atoms with van der Waals surface area (Å²) >= 11 is 3.41. The lowest BCUT2D eigenvalue weighted by Gasteiger charge is -2.09. The number of benzene rings is 2. The van der Waals surface area contributed by atoms with E-state index in [0.717, 1.165) is 19.7 Å². The third kappa shape index (κ3) is 2.87. The highest BCUT2D eigenvalue weighted by Gasteiger charge is 2.17. The van der Waals surface area contributed by atoms with Crippen molar-refractivity contribution in [2.45, 2.75) is 41.5 Å². The fraction of sp³-hybridized carbons (Fsp3) is 0.273. The van der Waals surface area contributed by atoms with Gasteiger partial charge in [-0.05, 0) is 63.8 Å². The fourth-order valence-electron chi connectivity index (χ4n) is 3.89. The maximum atomic E-state index is 4.93. The van der Waals surface area contributed by atoms with Gasteiger partial charge in [-0.25, -0.2) is 9.97 Å². The van der Waals surface area contributed by atoms with Crippen molar-refractivity contribution in [1.82, 2.24) is 9.97 Å². The molecule has 0 aliphatic heterocycles. The van der Waals surface area contributed by atoms with Crippen LogP contribution in [0.1, 0.15) is 33.4 Å². The number of hydrogen-bond acceptors (Lipinski definition) is 4. The van der Waals surface area contributed by atoms with E-state index >= 15 is 0 Å². The molecule has 4 heteroatoms. The van der Waals surface area contributed by atoms with Gasteiger partial charge in [0.1, 0.15) is 10.0 Å². The van der Waals surface area contributed by atoms with Gasteiger partial charge in [0.2, 0.25) is 0 Å². The monoisotopic (exact) mass is 378 g/mol. The molecule has 0 amide bonds. The van der Waals surface area contributed by atoms with E-state index in [1.54, 1.807) is 22.7 Å². The van der Waals surface area contributed by atoms with Gasteiger partial charge in [-0.1, -0.05) is 58.1 Å². The van der Waals surface area contributed by atoms with E-state index in [1.165, 1.54) is 44.5 Å². The van der Waals surface area contributed by atoms with E-state index in [4.69, 9.17) is 9.97 Å². The smallest absolute Gasteiger partial charge is 0.155 e. The van der Waals surface area contributed by atoms with Gasteiger partial charge in [-0.3, -0.25) is 0 Å². The molecule has 0 aliphatic carbocycles. The maximum absolute atomic E-state index is 4.93. The second-order valence-electron chi connectivity index (χ2n) is 7.20. The highest BCUT2D eigenvalue weighted by Crippen LogP contribution is 2.40. The summed E-state index contributed by atoms with van der Waals surface area (Å²) in [5.74, 6) is 0. The molecule has 0 spiro atoms. The van der Waals surface area contributed by atoms with Gasteiger partial charge in [0.25, 0.3) is 0 Å². The van der Waals surface area contributed by atoms with E-state index in [1.807, 2.05) is 0 Å². The standard InChI is InChI=1S/C22H22N2S2/c1-11-7-13(3)17(14(4)8-11)19-23-21-22(25-19)24-20(26-21)18-15(5)9-12(2)10-16(18)6/h7-10H,1-6H3. The predicted octanol–water partition coefficient (Wildman–Crippen LogP) is 6.94. The molecule has 0 aliphatic rings. The highest BCUT2D eigenvalue weighted by atomic mass is 32.1. The van der Waals surface area contributed by atoms with E-state index in [2.05, 4.69) is 65.8 Å². The summed E-state index contributed by atoms with van der Waals surface area (Å²) in [5.41, 5.74) is 10.3. The largest absolute Gasteiger partial charge is 0.223 e. The molecule has 2 heterocycles. The zero-order valence-corrected chi connectivity index (χ0v) is 17.7. The van der Waals surface area contributed by atoms with E-state index in [9.17, 15) is 0 Å². The van der Waals surface area contributed by atoms with Crippen LogP contribution in [0, 0.1) is 41.5 Å². The second kappa shape index (κ2) is 6.29. The lowest BCUT2D eigenvalue weighted by molar-refractivity contribution is 1.31. The molecular formula is C22H22N2S2. The van der Waals surface area contributed by atoms with E-state index < -0.39 is 0 Å². The van der Waals surface area contributed by atoms with Crippen LogP contribution >= 0.6 is 22.7 Å². The minimum Gasteiger partial charge on any atom is -0.223 e. The Kier molecular flexibility index (Phi) is 4.20. The number of aryl methyl sites for hydroxylation is 6. The van der Waals surface area contributed by atoms with E-state index in [0.29, 0.717) is 0 Å². The van der Waals surface area contributed by atoms with Gasteiger partial charge < -0.3 is 0 Å². The minimum absolute atomic E-state index is 1.04. The van der Waals surface area contributed by atoms with Gasteiger partial charge in [0, 0.05) is 11.1 Å². The van der Waals surface area contributed by atoms with Gasteiger partial charge in [0.05, 0.1) is 0 Å². The predicted molar refractivity (Wildman–Crippen MR) is 115 cm³/mol. The summed E-state index contributed by atoms with van der Waals surface area (Å²) in [6, 6.07) is 8.93. The number of aromatic nitrogens is 2. The van der Waals surface area contributed by atoms with Crippen LogP contribution in [0.3, 0.4) is 0 Å². The first-order chi connectivity index (χ1) is 12.3. The van der Waals surface area contributed by atoms with Crippen molar-refractivity contribution in [3.63, 3.8) is 0 Å². The molecule has 0 N–H and O–H groups in total. The van der Waals surface area contributed by atoms with Crippen molar-refractivity contribution in [3.8, 4) is 21.1 Å². The molecule has 0 unspecified atom stereocenters. The molecule has 2 nitrogen and oxygen atoms in total. The molecule has 0 saturated heterocycles. The van der Waals surface area contributed by atoms with Crippen molar-refractivity contribution in [3.05, 3.63) is 57.6 Å². The van der Waals surface area contributed by atoms with Gasteiger partial charge in [-0.15, -0.1) is 0 Å². The van der Waals surface area contributed by atoms with E-state index in [-0.39, 0.29) is 0 Å². The van der Waals surface area contributed by atoms with Crippen molar-refractivity contribution < 1.29 is 0 Å². The van der Waals surface area contributed by atoms with Crippen LogP contribution < -0.4 is 0 Å². The minimum atomic E-state index is 1.04. The van der Waals surface area contributed by atoms with Crippen molar-refractivity contribution in [2.75, 3.05) is 0 Å². The average Bonchev–Trinajstić information content (AvgIpc) is 3.03. The van der Waals surface area contributed by atoms with Crippen molar-refractivity contribution in [1.29, 1.82) is 0 Å². The number of thiazole rings is 2. The zero-order valence-electron chi connectivity index (χ0n) is 16.0. The topological polar surface area (TPSA) is 25.8 Å². The quantitative estimate of drug-likeness (QED) is 0.377. The first-order valence-electron chi connectivity index (χ1n) is 8.77. The Morgan fingerprint density at radius 1 is 0.538 bits per heavy atom.